The molecule has 0 unspecified atom stereocenters. The Balaban J connectivity index is 1.71. The fourth-order valence-electron chi connectivity index (χ4n) is 3.72. The number of carbonyl (C=O) groups excluding carboxylic acids is 1. The maximum Gasteiger partial charge on any atom is 0.217 e. The van der Waals surface area contributed by atoms with E-state index in [-0.39, 0.29) is 24.2 Å². The van der Waals surface area contributed by atoms with Crippen LogP contribution in [0.5, 0.6) is 0 Å². The molecule has 1 N–H and O–H groups in total. The fraction of sp³-hybridized carbons (Fsp3) is 0.750. The second-order valence-electron chi connectivity index (χ2n) is 6.30. The van der Waals surface area contributed by atoms with Crippen molar-refractivity contribution in [2.45, 2.75) is 70.1 Å². The third-order valence-electron chi connectivity index (χ3n) is 4.66. The molecule has 0 radical (unpaired) electrons. The highest BCUT2D eigenvalue weighted by Gasteiger charge is 2.36. The lowest BCUT2D eigenvalue weighted by Crippen LogP contribution is -2.44. The molecule has 1 aliphatic carbocycles. The second-order valence-corrected chi connectivity index (χ2v) is 7.23. The van der Waals surface area contributed by atoms with Crippen molar-refractivity contribution in [3.63, 3.8) is 0 Å². The summed E-state index contributed by atoms with van der Waals surface area (Å²) in [7, 11) is 0. The summed E-state index contributed by atoms with van der Waals surface area (Å²) >= 11 is 1.65. The Labute approximate surface area is 130 Å². The van der Waals surface area contributed by atoms with Crippen LogP contribution in [-0.2, 0) is 9.53 Å². The molecule has 1 saturated carbocycles. The lowest BCUT2D eigenvalue weighted by Gasteiger charge is -2.40. The van der Waals surface area contributed by atoms with E-state index in [1.54, 1.807) is 18.3 Å². The van der Waals surface area contributed by atoms with Crippen LogP contribution in [0.2, 0.25) is 0 Å². The number of aromatic nitrogens is 1. The van der Waals surface area contributed by atoms with E-state index < -0.39 is 0 Å². The van der Waals surface area contributed by atoms with Crippen molar-refractivity contribution in [1.29, 1.82) is 0 Å². The second kappa shape index (κ2) is 6.88. The van der Waals surface area contributed by atoms with Crippen LogP contribution in [0.3, 0.4) is 0 Å². The van der Waals surface area contributed by atoms with E-state index in [0.29, 0.717) is 5.92 Å². The molecule has 4 nitrogen and oxygen atoms in total. The summed E-state index contributed by atoms with van der Waals surface area (Å²) in [6.07, 6.45) is 10.5. The molecule has 0 spiro atoms. The van der Waals surface area contributed by atoms with Crippen molar-refractivity contribution in [2.24, 2.45) is 5.92 Å². The van der Waals surface area contributed by atoms with E-state index in [2.05, 4.69) is 10.3 Å². The van der Waals surface area contributed by atoms with Crippen LogP contribution in [0.15, 0.2) is 11.6 Å². The predicted octanol–water partition coefficient (Wildman–Crippen LogP) is 3.45. The summed E-state index contributed by atoms with van der Waals surface area (Å²) in [5.74, 6) is 0.708. The first-order valence-corrected chi connectivity index (χ1v) is 8.92. The average Bonchev–Trinajstić information content (AvgIpc) is 3.01. The number of hydrogen-bond donors (Lipinski definition) is 1. The van der Waals surface area contributed by atoms with E-state index in [4.69, 9.17) is 4.74 Å². The van der Waals surface area contributed by atoms with Crippen molar-refractivity contribution in [2.75, 3.05) is 0 Å². The molecule has 1 aromatic rings. The van der Waals surface area contributed by atoms with E-state index in [9.17, 15) is 4.79 Å². The van der Waals surface area contributed by atoms with Gasteiger partial charge in [0.25, 0.3) is 0 Å². The molecule has 2 heterocycles. The number of nitrogens with zero attached hydrogens (tertiary/aromatic N) is 1. The lowest BCUT2D eigenvalue weighted by molar-refractivity contribution is -0.124. The van der Waals surface area contributed by atoms with Crippen molar-refractivity contribution in [3.05, 3.63) is 16.6 Å². The Morgan fingerprint density at radius 1 is 1.33 bits per heavy atom. The van der Waals surface area contributed by atoms with Gasteiger partial charge in [0.15, 0.2) is 0 Å². The van der Waals surface area contributed by atoms with Gasteiger partial charge >= 0.3 is 0 Å². The van der Waals surface area contributed by atoms with Gasteiger partial charge in [-0.25, -0.2) is 4.98 Å². The number of rotatable bonds is 3. The maximum atomic E-state index is 11.4. The zero-order valence-corrected chi connectivity index (χ0v) is 13.4. The molecular formula is C16H24N2O2S. The number of carbonyl (C=O) groups is 1. The molecule has 1 amide bonds. The van der Waals surface area contributed by atoms with Crippen LogP contribution in [-0.4, -0.2) is 23.0 Å². The normalized spacial score (nSPS) is 31.0. The minimum atomic E-state index is 0.0440. The van der Waals surface area contributed by atoms with Gasteiger partial charge in [-0.2, -0.15) is 0 Å². The van der Waals surface area contributed by atoms with Gasteiger partial charge < -0.3 is 10.1 Å². The SMILES string of the molecule is CC(=O)N[C@H]1C[C@@H](C2CCCCC2)O[C@@H](c2nccs2)C1. The van der Waals surface area contributed by atoms with Gasteiger partial charge in [0.2, 0.25) is 5.91 Å². The number of thiazole rings is 1. The standard InChI is InChI=1S/C16H24N2O2S/c1-11(19)18-13-9-14(12-5-3-2-4-6-12)20-15(10-13)16-17-7-8-21-16/h7-8,12-15H,2-6,9-10H2,1H3,(H,18,19)/t13-,14-,15+/m0/s1. The molecule has 0 aromatic carbocycles. The predicted molar refractivity (Wildman–Crippen MR) is 83.1 cm³/mol. The van der Waals surface area contributed by atoms with Crippen LogP contribution in [0.25, 0.3) is 0 Å². The number of hydrogen-bond acceptors (Lipinski definition) is 4. The molecule has 2 aliphatic rings. The van der Waals surface area contributed by atoms with Gasteiger partial charge in [-0.3, -0.25) is 4.79 Å². The van der Waals surface area contributed by atoms with Gasteiger partial charge in [-0.05, 0) is 25.2 Å². The zero-order chi connectivity index (χ0) is 14.7. The number of amides is 1. The van der Waals surface area contributed by atoms with Crippen LogP contribution in [0, 0.1) is 5.92 Å². The van der Waals surface area contributed by atoms with Crippen LogP contribution < -0.4 is 5.32 Å². The molecule has 0 bridgehead atoms. The van der Waals surface area contributed by atoms with E-state index in [0.717, 1.165) is 17.8 Å². The fourth-order valence-corrected chi connectivity index (χ4v) is 4.41. The summed E-state index contributed by atoms with van der Waals surface area (Å²) in [6, 6.07) is 0.220. The van der Waals surface area contributed by atoms with E-state index in [1.165, 1.54) is 32.1 Å². The summed E-state index contributed by atoms with van der Waals surface area (Å²) in [5, 5.41) is 6.14. The first-order chi connectivity index (χ1) is 10.2. The highest BCUT2D eigenvalue weighted by Crippen LogP contribution is 2.39. The Bertz CT molecular complexity index is 457. The minimum Gasteiger partial charge on any atom is -0.367 e. The summed E-state index contributed by atoms with van der Waals surface area (Å²) in [5.41, 5.74) is 0. The number of nitrogens with one attached hydrogen (secondary N) is 1. The van der Waals surface area contributed by atoms with E-state index >= 15 is 0 Å². The molecule has 1 aliphatic heterocycles. The first-order valence-electron chi connectivity index (χ1n) is 8.04. The third-order valence-corrected chi connectivity index (χ3v) is 5.53. The molecule has 1 aromatic heterocycles. The van der Waals surface area contributed by atoms with Crippen molar-refractivity contribution < 1.29 is 9.53 Å². The highest BCUT2D eigenvalue weighted by atomic mass is 32.1. The van der Waals surface area contributed by atoms with Gasteiger partial charge in [0, 0.05) is 31.0 Å². The molecule has 1 saturated heterocycles. The molecule has 5 heteroatoms. The van der Waals surface area contributed by atoms with Crippen molar-refractivity contribution >= 4 is 17.2 Å². The Hall–Kier alpha value is -0.940. The average molecular weight is 308 g/mol. The summed E-state index contributed by atoms with van der Waals surface area (Å²) in [6.45, 7) is 1.60. The Morgan fingerprint density at radius 3 is 2.81 bits per heavy atom. The molecule has 3 atom stereocenters. The Kier molecular flexibility index (Phi) is 4.91. The lowest BCUT2D eigenvalue weighted by atomic mass is 9.81. The first kappa shape index (κ1) is 15.0. The van der Waals surface area contributed by atoms with Crippen LogP contribution in [0.1, 0.15) is 63.0 Å². The van der Waals surface area contributed by atoms with Gasteiger partial charge in [-0.1, -0.05) is 19.3 Å². The van der Waals surface area contributed by atoms with Gasteiger partial charge in [-0.15, -0.1) is 11.3 Å². The highest BCUT2D eigenvalue weighted by molar-refractivity contribution is 7.09. The minimum absolute atomic E-state index is 0.0440. The summed E-state index contributed by atoms with van der Waals surface area (Å²) in [4.78, 5) is 15.8. The topological polar surface area (TPSA) is 51.2 Å². The molecule has 116 valence electrons. The number of ether oxygens (including phenoxy) is 1. The summed E-state index contributed by atoms with van der Waals surface area (Å²) < 4.78 is 6.38. The quantitative estimate of drug-likeness (QED) is 0.930. The molecule has 2 fully saturated rings. The molecule has 3 rings (SSSR count). The Morgan fingerprint density at radius 2 is 2.14 bits per heavy atom. The maximum absolute atomic E-state index is 11.4. The third kappa shape index (κ3) is 3.83. The van der Waals surface area contributed by atoms with Gasteiger partial charge in [0.05, 0.1) is 6.10 Å². The van der Waals surface area contributed by atoms with Crippen molar-refractivity contribution in [3.8, 4) is 0 Å². The molecular weight excluding hydrogens is 284 g/mol. The van der Waals surface area contributed by atoms with E-state index in [1.807, 2.05) is 11.6 Å². The molecule has 21 heavy (non-hydrogen) atoms. The van der Waals surface area contributed by atoms with Crippen molar-refractivity contribution in [1.82, 2.24) is 10.3 Å². The van der Waals surface area contributed by atoms with Crippen LogP contribution >= 0.6 is 11.3 Å². The largest absolute Gasteiger partial charge is 0.367 e. The van der Waals surface area contributed by atoms with Crippen LogP contribution in [0.4, 0.5) is 0 Å². The smallest absolute Gasteiger partial charge is 0.217 e. The van der Waals surface area contributed by atoms with Gasteiger partial charge in [0.1, 0.15) is 11.1 Å². The monoisotopic (exact) mass is 308 g/mol. The zero-order valence-electron chi connectivity index (χ0n) is 12.6.